The fraction of sp³-hybridized carbons (Fsp3) is 0.586. The quantitative estimate of drug-likeness (QED) is 0.560. The van der Waals surface area contributed by atoms with Gasteiger partial charge in [0.15, 0.2) is 0 Å². The van der Waals surface area contributed by atoms with Crippen LogP contribution < -0.4 is 5.73 Å². The Labute approximate surface area is 215 Å². The summed E-state index contributed by atoms with van der Waals surface area (Å²) >= 11 is 0. The van der Waals surface area contributed by atoms with Crippen LogP contribution in [0.15, 0.2) is 36.5 Å². The van der Waals surface area contributed by atoms with E-state index in [4.69, 9.17) is 5.73 Å². The smallest absolute Gasteiger partial charge is 0.124 e. The van der Waals surface area contributed by atoms with Crippen molar-refractivity contribution < 1.29 is 4.39 Å². The molecule has 0 spiro atoms. The van der Waals surface area contributed by atoms with Gasteiger partial charge in [0.05, 0.1) is 11.6 Å². The number of nitrogens with zero attached hydrogens (tertiary/aromatic N) is 5. The molecule has 2 atom stereocenters. The average Bonchev–Trinajstić information content (AvgIpc) is 2.90. The fourth-order valence-corrected chi connectivity index (χ4v) is 5.76. The minimum Gasteiger partial charge on any atom is -0.384 e. The van der Waals surface area contributed by atoms with E-state index in [0.717, 1.165) is 69.7 Å². The number of nitrogens with two attached hydrogens (primary N) is 1. The highest BCUT2D eigenvalue weighted by Gasteiger charge is 2.37. The maximum atomic E-state index is 15.9. The first-order valence-corrected chi connectivity index (χ1v) is 13.4. The number of pyridine rings is 1. The van der Waals surface area contributed by atoms with Crippen molar-refractivity contribution >= 4 is 5.82 Å². The van der Waals surface area contributed by atoms with Crippen LogP contribution in [0.1, 0.15) is 62.3 Å². The van der Waals surface area contributed by atoms with Gasteiger partial charge in [-0.2, -0.15) is 5.26 Å². The van der Waals surface area contributed by atoms with Crippen LogP contribution in [0, 0.1) is 11.3 Å². The molecule has 3 heterocycles. The summed E-state index contributed by atoms with van der Waals surface area (Å²) in [4.78, 5) is 11.3. The molecular formula is C29H41FN6. The summed E-state index contributed by atoms with van der Waals surface area (Å²) in [6.07, 6.45) is 5.42. The fourth-order valence-electron chi connectivity index (χ4n) is 5.76. The van der Waals surface area contributed by atoms with E-state index >= 15 is 4.39 Å². The Kier molecular flexibility index (Phi) is 8.61. The van der Waals surface area contributed by atoms with E-state index in [-0.39, 0.29) is 6.04 Å². The summed E-state index contributed by atoms with van der Waals surface area (Å²) in [6, 6.07) is 12.6. The van der Waals surface area contributed by atoms with Crippen molar-refractivity contribution in [3.8, 4) is 6.07 Å². The Morgan fingerprint density at radius 2 is 2.00 bits per heavy atom. The standard InChI is InChI=1S/C29H41FN6/c1-4-34(20-24-7-12-33-28(32)18-24)16-11-29(3,30)22(2)35-14-9-27(10-15-35)36-13-8-25-6-5-23(19-31)17-26(25)21-36/h5-7,12,17-18,22,27H,4,8-11,13-16,20-21H2,1-3H3,(H2,32,33). The van der Waals surface area contributed by atoms with Gasteiger partial charge in [0.25, 0.3) is 0 Å². The van der Waals surface area contributed by atoms with Gasteiger partial charge in [-0.15, -0.1) is 0 Å². The van der Waals surface area contributed by atoms with Crippen LogP contribution in [-0.4, -0.2) is 70.2 Å². The van der Waals surface area contributed by atoms with E-state index in [0.29, 0.717) is 24.8 Å². The number of nitrogen functional groups attached to an aromatic ring is 1. The number of piperidine rings is 1. The third-order valence-electron chi connectivity index (χ3n) is 8.43. The Balaban J connectivity index is 1.27. The van der Waals surface area contributed by atoms with Gasteiger partial charge in [-0.25, -0.2) is 9.37 Å². The van der Waals surface area contributed by atoms with Crippen molar-refractivity contribution in [2.75, 3.05) is 38.5 Å². The first-order chi connectivity index (χ1) is 17.3. The zero-order valence-corrected chi connectivity index (χ0v) is 22.1. The highest BCUT2D eigenvalue weighted by molar-refractivity contribution is 5.39. The van der Waals surface area contributed by atoms with Crippen LogP contribution in [0.3, 0.4) is 0 Å². The maximum absolute atomic E-state index is 15.9. The van der Waals surface area contributed by atoms with E-state index in [1.54, 1.807) is 13.1 Å². The number of aromatic nitrogens is 1. The van der Waals surface area contributed by atoms with Crippen molar-refractivity contribution in [3.63, 3.8) is 0 Å². The van der Waals surface area contributed by atoms with Gasteiger partial charge in [0.1, 0.15) is 11.5 Å². The number of hydrogen-bond acceptors (Lipinski definition) is 6. The summed E-state index contributed by atoms with van der Waals surface area (Å²) in [5, 5.41) is 9.25. The van der Waals surface area contributed by atoms with Gasteiger partial charge in [0.2, 0.25) is 0 Å². The lowest BCUT2D eigenvalue weighted by molar-refractivity contribution is 0.00401. The molecule has 0 bridgehead atoms. The van der Waals surface area contributed by atoms with Gasteiger partial charge < -0.3 is 5.73 Å². The molecule has 0 saturated carbocycles. The SMILES string of the molecule is CCN(CCC(C)(F)C(C)N1CCC(N2CCc3ccc(C#N)cc3C2)CC1)Cc1ccnc(N)c1. The number of halogens is 1. The van der Waals surface area contributed by atoms with Crippen LogP contribution >= 0.6 is 0 Å². The predicted molar refractivity (Wildman–Crippen MR) is 143 cm³/mol. The lowest BCUT2D eigenvalue weighted by Crippen LogP contribution is -2.53. The molecule has 194 valence electrons. The second-order valence-corrected chi connectivity index (χ2v) is 10.7. The first kappa shape index (κ1) is 26.5. The summed E-state index contributed by atoms with van der Waals surface area (Å²) in [6.45, 7) is 12.1. The van der Waals surface area contributed by atoms with Crippen molar-refractivity contribution in [2.45, 2.75) is 77.3 Å². The van der Waals surface area contributed by atoms with Gasteiger partial charge in [-0.3, -0.25) is 14.7 Å². The normalized spacial score (nSPS) is 20.0. The molecule has 2 aromatic rings. The number of rotatable bonds is 9. The Morgan fingerprint density at radius 3 is 2.69 bits per heavy atom. The van der Waals surface area contributed by atoms with Crippen LogP contribution in [0.4, 0.5) is 10.2 Å². The molecule has 6 nitrogen and oxygen atoms in total. The van der Waals surface area contributed by atoms with Crippen LogP contribution in [0.25, 0.3) is 0 Å². The van der Waals surface area contributed by atoms with Crippen molar-refractivity contribution in [1.82, 2.24) is 19.7 Å². The second kappa shape index (κ2) is 11.7. The largest absolute Gasteiger partial charge is 0.384 e. The Bertz CT molecular complexity index is 1060. The number of likely N-dealkylation sites (tertiary alicyclic amines) is 1. The molecule has 0 amide bonds. The number of nitriles is 1. The molecule has 36 heavy (non-hydrogen) atoms. The molecule has 2 unspecified atom stereocenters. The number of fused-ring (bicyclic) bond motifs is 1. The topological polar surface area (TPSA) is 72.4 Å². The maximum Gasteiger partial charge on any atom is 0.124 e. The van der Waals surface area contributed by atoms with Crippen LogP contribution in [0.2, 0.25) is 0 Å². The molecule has 1 fully saturated rings. The highest BCUT2D eigenvalue weighted by Crippen LogP contribution is 2.30. The van der Waals surface area contributed by atoms with Gasteiger partial charge in [-0.1, -0.05) is 13.0 Å². The van der Waals surface area contributed by atoms with Crippen molar-refractivity contribution in [1.29, 1.82) is 5.26 Å². The minimum atomic E-state index is -1.25. The number of alkyl halides is 1. The van der Waals surface area contributed by atoms with E-state index in [1.165, 1.54) is 11.1 Å². The molecule has 0 aliphatic carbocycles. The molecule has 0 radical (unpaired) electrons. The summed E-state index contributed by atoms with van der Waals surface area (Å²) < 4.78 is 15.9. The van der Waals surface area contributed by atoms with E-state index in [2.05, 4.69) is 51.7 Å². The highest BCUT2D eigenvalue weighted by atomic mass is 19.1. The first-order valence-electron chi connectivity index (χ1n) is 13.4. The third kappa shape index (κ3) is 6.42. The number of hydrogen-bond donors (Lipinski definition) is 1. The zero-order chi connectivity index (χ0) is 25.7. The predicted octanol–water partition coefficient (Wildman–Crippen LogP) is 4.39. The molecular weight excluding hydrogens is 451 g/mol. The number of benzene rings is 1. The third-order valence-corrected chi connectivity index (χ3v) is 8.43. The molecule has 4 rings (SSSR count). The van der Waals surface area contributed by atoms with E-state index in [9.17, 15) is 5.26 Å². The summed E-state index contributed by atoms with van der Waals surface area (Å²) in [5.74, 6) is 0.525. The van der Waals surface area contributed by atoms with Crippen molar-refractivity contribution in [3.05, 3.63) is 58.8 Å². The lowest BCUT2D eigenvalue weighted by atomic mass is 9.90. The molecule has 7 heteroatoms. The van der Waals surface area contributed by atoms with E-state index < -0.39 is 5.67 Å². The van der Waals surface area contributed by atoms with Crippen molar-refractivity contribution in [2.24, 2.45) is 0 Å². The number of anilines is 1. The Hall–Kier alpha value is -2.53. The monoisotopic (exact) mass is 492 g/mol. The van der Waals surface area contributed by atoms with Crippen LogP contribution in [-0.2, 0) is 19.5 Å². The molecule has 2 aliphatic rings. The van der Waals surface area contributed by atoms with Crippen LogP contribution in [0.5, 0.6) is 0 Å². The van der Waals surface area contributed by atoms with Gasteiger partial charge >= 0.3 is 0 Å². The molecule has 1 aromatic heterocycles. The molecule has 2 aliphatic heterocycles. The molecule has 2 N–H and O–H groups in total. The minimum absolute atomic E-state index is 0.117. The lowest BCUT2D eigenvalue weighted by Gasteiger charge is -2.45. The van der Waals surface area contributed by atoms with Gasteiger partial charge in [0, 0.05) is 57.5 Å². The zero-order valence-electron chi connectivity index (χ0n) is 22.1. The molecule has 1 aromatic carbocycles. The molecule has 1 saturated heterocycles. The summed E-state index contributed by atoms with van der Waals surface area (Å²) in [5.41, 5.74) is 9.09. The average molecular weight is 493 g/mol. The second-order valence-electron chi connectivity index (χ2n) is 10.7. The van der Waals surface area contributed by atoms with Gasteiger partial charge in [-0.05, 0) is 87.0 Å². The summed E-state index contributed by atoms with van der Waals surface area (Å²) in [7, 11) is 0. The Morgan fingerprint density at radius 1 is 1.22 bits per heavy atom. The van der Waals surface area contributed by atoms with E-state index in [1.807, 2.05) is 18.2 Å².